The van der Waals surface area contributed by atoms with Crippen LogP contribution in [0, 0.1) is 0 Å². The smallest absolute Gasteiger partial charge is 0.325 e. The fourth-order valence-corrected chi connectivity index (χ4v) is 0.886. The Kier molecular flexibility index (Phi) is 5.67. The van der Waals surface area contributed by atoms with Crippen molar-refractivity contribution < 1.29 is 14.3 Å². The van der Waals surface area contributed by atoms with Crippen molar-refractivity contribution in [3.8, 4) is 0 Å². The second-order valence-electron chi connectivity index (χ2n) is 3.19. The molecule has 82 valence electrons. The maximum atomic E-state index is 11.4. The van der Waals surface area contributed by atoms with Gasteiger partial charge in [0.2, 0.25) is 0 Å². The van der Waals surface area contributed by atoms with Gasteiger partial charge in [-0.1, -0.05) is 0 Å². The van der Waals surface area contributed by atoms with E-state index in [1.54, 1.807) is 0 Å². The van der Waals surface area contributed by atoms with Gasteiger partial charge in [-0.15, -0.1) is 0 Å². The van der Waals surface area contributed by atoms with Crippen molar-refractivity contribution in [3.05, 3.63) is 0 Å². The molecule has 0 aromatic rings. The van der Waals surface area contributed by atoms with Crippen LogP contribution in [0.3, 0.4) is 0 Å². The van der Waals surface area contributed by atoms with Gasteiger partial charge in [-0.2, -0.15) is 0 Å². The van der Waals surface area contributed by atoms with Crippen molar-refractivity contribution in [3.63, 3.8) is 0 Å². The fourth-order valence-electron chi connectivity index (χ4n) is 0.886. The minimum atomic E-state index is -0.411. The molecule has 0 aliphatic carbocycles. The normalized spacial score (nSPS) is 9.79. The number of carbonyl (C=O) groups excluding carboxylic acids is 2. The Morgan fingerprint density at radius 1 is 1.43 bits per heavy atom. The highest BCUT2D eigenvalue weighted by Gasteiger charge is 2.15. The van der Waals surface area contributed by atoms with Crippen molar-refractivity contribution in [1.82, 2.24) is 10.2 Å². The molecule has 0 aromatic carbocycles. The zero-order chi connectivity index (χ0) is 11.1. The van der Waals surface area contributed by atoms with Crippen LogP contribution in [-0.2, 0) is 9.53 Å². The average molecular weight is 202 g/mol. The lowest BCUT2D eigenvalue weighted by Crippen LogP contribution is -2.45. The SMILES string of the molecule is CCN(CC(=O)OC)C(=O)NC(C)C. The van der Waals surface area contributed by atoms with Gasteiger partial charge in [0.05, 0.1) is 7.11 Å². The first-order valence-electron chi connectivity index (χ1n) is 4.63. The molecular formula is C9H18N2O3. The van der Waals surface area contributed by atoms with Gasteiger partial charge in [0.1, 0.15) is 6.54 Å². The van der Waals surface area contributed by atoms with Crippen molar-refractivity contribution in [1.29, 1.82) is 0 Å². The number of nitrogens with zero attached hydrogens (tertiary/aromatic N) is 1. The van der Waals surface area contributed by atoms with Gasteiger partial charge < -0.3 is 15.0 Å². The minimum absolute atomic E-state index is 0.00838. The summed E-state index contributed by atoms with van der Waals surface area (Å²) in [6, 6.07) is -0.179. The van der Waals surface area contributed by atoms with Crippen LogP contribution in [0.2, 0.25) is 0 Å². The summed E-state index contributed by atoms with van der Waals surface area (Å²) < 4.78 is 4.48. The summed E-state index contributed by atoms with van der Waals surface area (Å²) in [7, 11) is 1.30. The number of likely N-dealkylation sites (N-methyl/N-ethyl adjacent to an activating group) is 1. The summed E-state index contributed by atoms with van der Waals surface area (Å²) in [4.78, 5) is 23.8. The number of methoxy groups -OCH3 is 1. The van der Waals surface area contributed by atoms with Gasteiger partial charge in [-0.05, 0) is 20.8 Å². The first kappa shape index (κ1) is 12.7. The zero-order valence-corrected chi connectivity index (χ0v) is 9.16. The number of hydrogen-bond donors (Lipinski definition) is 1. The Labute approximate surface area is 84.4 Å². The van der Waals surface area contributed by atoms with E-state index in [0.717, 1.165) is 0 Å². The molecule has 0 aromatic heterocycles. The van der Waals surface area contributed by atoms with E-state index in [0.29, 0.717) is 6.54 Å². The van der Waals surface area contributed by atoms with Crippen LogP contribution < -0.4 is 5.32 Å². The van der Waals surface area contributed by atoms with Crippen LogP contribution in [0.4, 0.5) is 4.79 Å². The number of urea groups is 1. The lowest BCUT2D eigenvalue weighted by atomic mass is 10.4. The largest absolute Gasteiger partial charge is 0.468 e. The molecule has 0 fully saturated rings. The highest BCUT2D eigenvalue weighted by molar-refractivity contribution is 5.80. The maximum Gasteiger partial charge on any atom is 0.325 e. The molecule has 0 heterocycles. The molecule has 14 heavy (non-hydrogen) atoms. The zero-order valence-electron chi connectivity index (χ0n) is 9.16. The van der Waals surface area contributed by atoms with Crippen LogP contribution in [0.25, 0.3) is 0 Å². The first-order valence-corrected chi connectivity index (χ1v) is 4.63. The van der Waals surface area contributed by atoms with E-state index in [-0.39, 0.29) is 18.6 Å². The standard InChI is InChI=1S/C9H18N2O3/c1-5-11(6-8(12)14-4)9(13)10-7(2)3/h7H,5-6H2,1-4H3,(H,10,13). The summed E-state index contributed by atoms with van der Waals surface area (Å²) >= 11 is 0. The van der Waals surface area contributed by atoms with Gasteiger partial charge in [0.25, 0.3) is 0 Å². The van der Waals surface area contributed by atoms with Gasteiger partial charge in [0.15, 0.2) is 0 Å². The number of esters is 1. The molecule has 0 unspecified atom stereocenters. The molecule has 0 radical (unpaired) electrons. The van der Waals surface area contributed by atoms with Gasteiger partial charge in [0, 0.05) is 12.6 Å². The Balaban J connectivity index is 4.12. The second kappa shape index (κ2) is 6.23. The Morgan fingerprint density at radius 2 is 2.00 bits per heavy atom. The third-order valence-electron chi connectivity index (χ3n) is 1.63. The number of rotatable bonds is 4. The Bertz CT molecular complexity index is 204. The molecule has 0 saturated carbocycles. The van der Waals surface area contributed by atoms with Crippen molar-refractivity contribution in [2.45, 2.75) is 26.8 Å². The fraction of sp³-hybridized carbons (Fsp3) is 0.778. The average Bonchev–Trinajstić information content (AvgIpc) is 2.12. The van der Waals surface area contributed by atoms with E-state index in [1.165, 1.54) is 12.0 Å². The molecule has 0 saturated heterocycles. The number of amides is 2. The van der Waals surface area contributed by atoms with E-state index < -0.39 is 5.97 Å². The summed E-state index contributed by atoms with van der Waals surface area (Å²) in [5.74, 6) is -0.411. The predicted molar refractivity (Wildman–Crippen MR) is 52.9 cm³/mol. The molecule has 1 N–H and O–H groups in total. The lowest BCUT2D eigenvalue weighted by molar-refractivity contribution is -0.141. The van der Waals surface area contributed by atoms with Crippen molar-refractivity contribution in [2.24, 2.45) is 0 Å². The third-order valence-corrected chi connectivity index (χ3v) is 1.63. The van der Waals surface area contributed by atoms with E-state index >= 15 is 0 Å². The molecule has 5 nitrogen and oxygen atoms in total. The third kappa shape index (κ3) is 4.69. The molecule has 0 atom stereocenters. The highest BCUT2D eigenvalue weighted by Crippen LogP contribution is 1.92. The van der Waals surface area contributed by atoms with Gasteiger partial charge in [-0.25, -0.2) is 4.79 Å². The van der Waals surface area contributed by atoms with E-state index in [4.69, 9.17) is 0 Å². The van der Waals surface area contributed by atoms with Crippen molar-refractivity contribution >= 4 is 12.0 Å². The molecule has 2 amide bonds. The van der Waals surface area contributed by atoms with Crippen LogP contribution in [0.1, 0.15) is 20.8 Å². The summed E-state index contributed by atoms with van der Waals surface area (Å²) in [6.45, 7) is 6.01. The molecule has 0 bridgehead atoms. The Morgan fingerprint density at radius 3 is 2.36 bits per heavy atom. The summed E-state index contributed by atoms with van der Waals surface area (Å²) in [6.07, 6.45) is 0. The van der Waals surface area contributed by atoms with Crippen LogP contribution in [-0.4, -0.2) is 43.1 Å². The van der Waals surface area contributed by atoms with Crippen LogP contribution in [0.5, 0.6) is 0 Å². The molecular weight excluding hydrogens is 184 g/mol. The molecule has 0 aliphatic rings. The highest BCUT2D eigenvalue weighted by atomic mass is 16.5. The number of ether oxygens (including phenoxy) is 1. The molecule has 0 spiro atoms. The van der Waals surface area contributed by atoms with Crippen LogP contribution in [0.15, 0.2) is 0 Å². The minimum Gasteiger partial charge on any atom is -0.468 e. The molecule has 0 rings (SSSR count). The topological polar surface area (TPSA) is 58.6 Å². The predicted octanol–water partition coefficient (Wildman–Crippen LogP) is 0.599. The quantitative estimate of drug-likeness (QED) is 0.679. The second-order valence-corrected chi connectivity index (χ2v) is 3.19. The monoisotopic (exact) mass is 202 g/mol. The number of carbonyl (C=O) groups is 2. The van der Waals surface area contributed by atoms with Crippen molar-refractivity contribution in [2.75, 3.05) is 20.2 Å². The maximum absolute atomic E-state index is 11.4. The first-order chi connectivity index (χ1) is 6.51. The van der Waals surface area contributed by atoms with E-state index in [2.05, 4.69) is 10.1 Å². The van der Waals surface area contributed by atoms with Crippen LogP contribution >= 0.6 is 0 Å². The molecule has 5 heteroatoms. The van der Waals surface area contributed by atoms with Gasteiger partial charge in [-0.3, -0.25) is 4.79 Å². The van der Waals surface area contributed by atoms with E-state index in [9.17, 15) is 9.59 Å². The van der Waals surface area contributed by atoms with Gasteiger partial charge >= 0.3 is 12.0 Å². The number of hydrogen-bond acceptors (Lipinski definition) is 3. The molecule has 0 aliphatic heterocycles. The summed E-state index contributed by atoms with van der Waals surface area (Å²) in [5.41, 5.74) is 0. The summed E-state index contributed by atoms with van der Waals surface area (Å²) in [5, 5.41) is 2.70. The Hall–Kier alpha value is -1.26. The number of nitrogens with one attached hydrogen (secondary N) is 1. The van der Waals surface area contributed by atoms with E-state index in [1.807, 2.05) is 20.8 Å². The lowest BCUT2D eigenvalue weighted by Gasteiger charge is -2.21.